The Bertz CT molecular complexity index is 1480. The largest absolute Gasteiger partial charge is 0.489 e. The second-order valence-corrected chi connectivity index (χ2v) is 9.70. The van der Waals surface area contributed by atoms with Crippen LogP contribution in [0, 0.1) is 0 Å². The third kappa shape index (κ3) is 5.11. The molecule has 1 fully saturated rings. The zero-order valence-electron chi connectivity index (χ0n) is 21.2. The van der Waals surface area contributed by atoms with E-state index in [0.29, 0.717) is 17.9 Å². The summed E-state index contributed by atoms with van der Waals surface area (Å²) in [6, 6.07) is 23.8. The van der Waals surface area contributed by atoms with E-state index in [1.54, 1.807) is 24.3 Å². The zero-order valence-corrected chi connectivity index (χ0v) is 21.2. The summed E-state index contributed by atoms with van der Waals surface area (Å²) in [5.74, 6) is -2.00. The molecule has 2 heterocycles. The number of hydrogen-bond acceptors (Lipinski definition) is 6. The van der Waals surface area contributed by atoms with E-state index < -0.39 is 17.7 Å². The van der Waals surface area contributed by atoms with Gasteiger partial charge in [-0.25, -0.2) is 9.59 Å². The maximum absolute atomic E-state index is 12.2. The topological polar surface area (TPSA) is 79.7 Å². The molecule has 3 aromatic carbocycles. The quantitative estimate of drug-likeness (QED) is 0.183. The molecule has 7 nitrogen and oxygen atoms in total. The van der Waals surface area contributed by atoms with E-state index in [9.17, 15) is 9.59 Å². The first kappa shape index (κ1) is 24.3. The fourth-order valence-electron chi connectivity index (χ4n) is 4.25. The molecule has 0 atom stereocenters. The van der Waals surface area contributed by atoms with Crippen molar-refractivity contribution in [3.8, 4) is 17.0 Å². The molecular weight excluding hydrogens is 468 g/mol. The molecule has 1 aliphatic rings. The summed E-state index contributed by atoms with van der Waals surface area (Å²) in [5, 5.41) is 6.00. The number of esters is 2. The van der Waals surface area contributed by atoms with E-state index in [-0.39, 0.29) is 11.6 Å². The summed E-state index contributed by atoms with van der Waals surface area (Å²) in [4.78, 5) is 24.3. The molecule has 0 aliphatic carbocycles. The highest BCUT2D eigenvalue weighted by Crippen LogP contribution is 2.31. The van der Waals surface area contributed by atoms with Gasteiger partial charge in [0, 0.05) is 30.8 Å². The lowest BCUT2D eigenvalue weighted by atomic mass is 10.1. The molecular formula is C30H28N2O5. The molecule has 0 amide bonds. The average molecular weight is 497 g/mol. The highest BCUT2D eigenvalue weighted by atomic mass is 16.7. The molecule has 0 spiro atoms. The first-order valence-electron chi connectivity index (χ1n) is 12.2. The number of carbonyl (C=O) groups is 2. The molecule has 37 heavy (non-hydrogen) atoms. The Morgan fingerprint density at radius 2 is 1.62 bits per heavy atom. The van der Waals surface area contributed by atoms with Gasteiger partial charge in [-0.3, -0.25) is 4.68 Å². The van der Waals surface area contributed by atoms with Gasteiger partial charge in [0.2, 0.25) is 0 Å². The van der Waals surface area contributed by atoms with E-state index in [2.05, 4.69) is 44.2 Å². The average Bonchev–Trinajstić information content (AvgIpc) is 3.25. The van der Waals surface area contributed by atoms with Crippen LogP contribution in [-0.2, 0) is 25.7 Å². The van der Waals surface area contributed by atoms with Crippen LogP contribution < -0.4 is 4.74 Å². The van der Waals surface area contributed by atoms with Crippen molar-refractivity contribution in [2.75, 3.05) is 0 Å². The molecule has 7 heteroatoms. The van der Waals surface area contributed by atoms with Gasteiger partial charge in [0.15, 0.2) is 0 Å². The SMILES string of the molecule is CC(C)n1nc(-c2ccccc2)c2ccc(COc3ccc(C=C4C(=O)OC(C)(C)OC4=O)cc3)cc21. The van der Waals surface area contributed by atoms with Crippen LogP contribution in [0.25, 0.3) is 28.2 Å². The van der Waals surface area contributed by atoms with Crippen LogP contribution >= 0.6 is 0 Å². The summed E-state index contributed by atoms with van der Waals surface area (Å²) in [6.07, 6.45) is 1.45. The normalized spacial score (nSPS) is 15.0. The Morgan fingerprint density at radius 1 is 0.946 bits per heavy atom. The number of cyclic esters (lactones) is 2. The van der Waals surface area contributed by atoms with Crippen molar-refractivity contribution in [1.29, 1.82) is 0 Å². The van der Waals surface area contributed by atoms with Crippen LogP contribution in [0.3, 0.4) is 0 Å². The summed E-state index contributed by atoms with van der Waals surface area (Å²) < 4.78 is 18.3. The molecule has 0 N–H and O–H groups in total. The second-order valence-electron chi connectivity index (χ2n) is 9.70. The Hall–Kier alpha value is -4.39. The molecule has 0 unspecified atom stereocenters. The Morgan fingerprint density at radius 3 is 2.27 bits per heavy atom. The Labute approximate surface area is 215 Å². The number of rotatable bonds is 6. The van der Waals surface area contributed by atoms with Gasteiger partial charge in [0.1, 0.15) is 23.6 Å². The third-order valence-corrected chi connectivity index (χ3v) is 6.02. The molecule has 1 aliphatic heterocycles. The van der Waals surface area contributed by atoms with Crippen LogP contribution in [0.2, 0.25) is 0 Å². The molecule has 5 rings (SSSR count). The minimum absolute atomic E-state index is 0.141. The number of carbonyl (C=O) groups excluding carboxylic acids is 2. The first-order chi connectivity index (χ1) is 17.7. The van der Waals surface area contributed by atoms with Crippen molar-refractivity contribution in [1.82, 2.24) is 9.78 Å². The number of aromatic nitrogens is 2. The van der Waals surface area contributed by atoms with E-state index in [1.165, 1.54) is 19.9 Å². The van der Waals surface area contributed by atoms with E-state index in [1.807, 2.05) is 22.9 Å². The van der Waals surface area contributed by atoms with E-state index >= 15 is 0 Å². The van der Waals surface area contributed by atoms with Crippen LogP contribution in [0.15, 0.2) is 78.4 Å². The molecule has 188 valence electrons. The van der Waals surface area contributed by atoms with Crippen molar-refractivity contribution in [3.63, 3.8) is 0 Å². The molecule has 1 aromatic heterocycles. The van der Waals surface area contributed by atoms with Crippen molar-refractivity contribution in [3.05, 3.63) is 89.5 Å². The molecule has 4 aromatic rings. The number of nitrogens with zero attached hydrogens (tertiary/aromatic N) is 2. The predicted octanol–water partition coefficient (Wildman–Crippen LogP) is 6.08. The number of benzene rings is 3. The molecule has 1 saturated heterocycles. The Balaban J connectivity index is 1.32. The van der Waals surface area contributed by atoms with Crippen molar-refractivity contribution >= 4 is 28.9 Å². The smallest absolute Gasteiger partial charge is 0.348 e. The lowest BCUT2D eigenvalue weighted by molar-refractivity contribution is -0.222. The minimum Gasteiger partial charge on any atom is -0.489 e. The summed E-state index contributed by atoms with van der Waals surface area (Å²) in [7, 11) is 0. The number of ether oxygens (including phenoxy) is 3. The van der Waals surface area contributed by atoms with Crippen molar-refractivity contribution in [2.24, 2.45) is 0 Å². The van der Waals surface area contributed by atoms with Gasteiger partial charge >= 0.3 is 11.9 Å². The summed E-state index contributed by atoms with van der Waals surface area (Å²) in [5.41, 5.74) is 4.66. The maximum Gasteiger partial charge on any atom is 0.348 e. The fraction of sp³-hybridized carbons (Fsp3) is 0.233. The standard InChI is InChI=1S/C30H28N2O5/c1-19(2)32-26-17-21(12-15-24(26)27(31-32)22-8-6-5-7-9-22)18-35-23-13-10-20(11-14-23)16-25-28(33)36-30(3,4)37-29(25)34/h5-17,19H,18H2,1-4H3. The van der Waals surface area contributed by atoms with Gasteiger partial charge in [0.25, 0.3) is 5.79 Å². The molecule has 0 radical (unpaired) electrons. The monoisotopic (exact) mass is 496 g/mol. The number of hydrogen-bond donors (Lipinski definition) is 0. The summed E-state index contributed by atoms with van der Waals surface area (Å²) >= 11 is 0. The highest BCUT2D eigenvalue weighted by Gasteiger charge is 2.38. The van der Waals surface area contributed by atoms with Gasteiger partial charge in [-0.05, 0) is 49.2 Å². The highest BCUT2D eigenvalue weighted by molar-refractivity contribution is 6.18. The predicted molar refractivity (Wildman–Crippen MR) is 141 cm³/mol. The van der Waals surface area contributed by atoms with E-state index in [4.69, 9.17) is 19.3 Å². The van der Waals surface area contributed by atoms with Crippen molar-refractivity contribution < 1.29 is 23.8 Å². The van der Waals surface area contributed by atoms with Crippen LogP contribution in [0.5, 0.6) is 5.75 Å². The van der Waals surface area contributed by atoms with Gasteiger partial charge in [-0.2, -0.15) is 5.10 Å². The molecule has 0 bridgehead atoms. The fourth-order valence-corrected chi connectivity index (χ4v) is 4.25. The van der Waals surface area contributed by atoms with Crippen LogP contribution in [0.4, 0.5) is 0 Å². The Kier molecular flexibility index (Phi) is 6.29. The zero-order chi connectivity index (χ0) is 26.2. The minimum atomic E-state index is -1.26. The van der Waals surface area contributed by atoms with Crippen LogP contribution in [-0.4, -0.2) is 27.5 Å². The maximum atomic E-state index is 12.2. The van der Waals surface area contributed by atoms with E-state index in [0.717, 1.165) is 27.7 Å². The van der Waals surface area contributed by atoms with Crippen molar-refractivity contribution in [2.45, 2.75) is 46.1 Å². The number of fused-ring (bicyclic) bond motifs is 1. The van der Waals surface area contributed by atoms with Gasteiger partial charge in [-0.1, -0.05) is 54.6 Å². The lowest BCUT2D eigenvalue weighted by Gasteiger charge is -2.29. The van der Waals surface area contributed by atoms with Crippen LogP contribution in [0.1, 0.15) is 44.9 Å². The lowest BCUT2D eigenvalue weighted by Crippen LogP contribution is -2.41. The van der Waals surface area contributed by atoms with Gasteiger partial charge in [0.05, 0.1) is 5.52 Å². The van der Waals surface area contributed by atoms with Gasteiger partial charge < -0.3 is 14.2 Å². The van der Waals surface area contributed by atoms with Gasteiger partial charge in [-0.15, -0.1) is 0 Å². The second kappa shape index (κ2) is 9.58. The third-order valence-electron chi connectivity index (χ3n) is 6.02. The first-order valence-corrected chi connectivity index (χ1v) is 12.2. The summed E-state index contributed by atoms with van der Waals surface area (Å²) in [6.45, 7) is 7.66. The molecule has 0 saturated carbocycles.